The van der Waals surface area contributed by atoms with E-state index in [1.165, 1.54) is 16.4 Å². The zero-order chi connectivity index (χ0) is 19.6. The summed E-state index contributed by atoms with van der Waals surface area (Å²) in [6.45, 7) is 4.01. The van der Waals surface area contributed by atoms with E-state index in [1.54, 1.807) is 11.8 Å². The molecule has 1 aromatic rings. The van der Waals surface area contributed by atoms with E-state index >= 15 is 0 Å². The molecule has 10 nitrogen and oxygen atoms in total. The smallest absolute Gasteiger partial charge is 0.270 e. The van der Waals surface area contributed by atoms with Crippen LogP contribution in [0.5, 0.6) is 0 Å². The van der Waals surface area contributed by atoms with Crippen molar-refractivity contribution in [1.29, 1.82) is 0 Å². The van der Waals surface area contributed by atoms with Crippen molar-refractivity contribution in [3.63, 3.8) is 0 Å². The lowest BCUT2D eigenvalue weighted by Crippen LogP contribution is -2.55. The van der Waals surface area contributed by atoms with Crippen molar-refractivity contribution in [1.82, 2.24) is 14.5 Å². The molecule has 2 fully saturated rings. The van der Waals surface area contributed by atoms with Crippen molar-refractivity contribution in [3.05, 3.63) is 33.9 Å². The van der Waals surface area contributed by atoms with Crippen molar-refractivity contribution in [2.45, 2.75) is 17.9 Å². The van der Waals surface area contributed by atoms with E-state index in [9.17, 15) is 23.3 Å². The molecule has 2 aliphatic heterocycles. The molecule has 12 heteroatoms. The number of rotatable bonds is 4. The van der Waals surface area contributed by atoms with Crippen LogP contribution in [0.15, 0.2) is 23.1 Å². The summed E-state index contributed by atoms with van der Waals surface area (Å²) in [5.41, 5.74) is 0.177. The molecule has 2 heterocycles. The van der Waals surface area contributed by atoms with Crippen LogP contribution in [0.1, 0.15) is 5.56 Å². The first kappa shape index (κ1) is 22.5. The van der Waals surface area contributed by atoms with Crippen LogP contribution in [-0.4, -0.2) is 80.4 Å². The van der Waals surface area contributed by atoms with Crippen LogP contribution in [0.4, 0.5) is 5.69 Å². The van der Waals surface area contributed by atoms with Gasteiger partial charge in [0.2, 0.25) is 10.0 Å². The highest BCUT2D eigenvalue weighted by Crippen LogP contribution is 2.25. The monoisotopic (exact) mass is 434 g/mol. The highest BCUT2D eigenvalue weighted by molar-refractivity contribution is 7.89. The minimum Gasteiger partial charge on any atom is -0.366 e. The molecule has 1 unspecified atom stereocenters. The zero-order valence-electron chi connectivity index (χ0n) is 15.4. The Kier molecular flexibility index (Phi) is 7.34. The Hall–Kier alpha value is -1.79. The van der Waals surface area contributed by atoms with Crippen LogP contribution in [0, 0.1) is 17.0 Å². The number of halogens is 1. The molecule has 1 N–H and O–H groups in total. The quantitative estimate of drug-likeness (QED) is 0.528. The first-order valence-electron chi connectivity index (χ1n) is 8.67. The van der Waals surface area contributed by atoms with Crippen LogP contribution >= 0.6 is 12.4 Å². The number of aryl methyl sites for hydroxylation is 1. The number of nitro benzene ring substituents is 1. The summed E-state index contributed by atoms with van der Waals surface area (Å²) in [6.07, 6.45) is -0.541. The Balaban J connectivity index is 0.00000280. The number of hydrogen-bond donors (Lipinski definition) is 1. The summed E-state index contributed by atoms with van der Waals surface area (Å²) >= 11 is 0. The molecule has 0 aromatic heterocycles. The molecule has 0 saturated carbocycles. The van der Waals surface area contributed by atoms with E-state index in [-0.39, 0.29) is 55.1 Å². The zero-order valence-corrected chi connectivity index (χ0v) is 17.0. The minimum absolute atomic E-state index is 0. The number of amides is 1. The van der Waals surface area contributed by atoms with Gasteiger partial charge in [0.1, 0.15) is 6.10 Å². The average molecular weight is 435 g/mol. The second kappa shape index (κ2) is 9.14. The molecule has 1 atom stereocenters. The fourth-order valence-corrected chi connectivity index (χ4v) is 4.86. The number of nitrogens with one attached hydrogen (secondary N) is 1. The van der Waals surface area contributed by atoms with Crippen LogP contribution in [-0.2, 0) is 19.6 Å². The summed E-state index contributed by atoms with van der Waals surface area (Å²) in [5.74, 6) is -0.147. The molecule has 1 aromatic carbocycles. The lowest BCUT2D eigenvalue weighted by Gasteiger charge is -2.36. The van der Waals surface area contributed by atoms with Gasteiger partial charge in [0.15, 0.2) is 0 Å². The third-order valence-electron chi connectivity index (χ3n) is 4.75. The normalized spacial score (nSPS) is 21.0. The van der Waals surface area contributed by atoms with Gasteiger partial charge in [-0.15, -0.1) is 12.4 Å². The fraction of sp³-hybridized carbons (Fsp3) is 0.562. The van der Waals surface area contributed by atoms with Gasteiger partial charge in [-0.3, -0.25) is 14.9 Å². The van der Waals surface area contributed by atoms with E-state index < -0.39 is 21.1 Å². The number of benzene rings is 1. The number of ether oxygens (including phenoxy) is 1. The topological polar surface area (TPSA) is 122 Å². The molecule has 0 spiro atoms. The number of hydrogen-bond acceptors (Lipinski definition) is 7. The van der Waals surface area contributed by atoms with Crippen molar-refractivity contribution in [2.75, 3.05) is 45.9 Å². The van der Waals surface area contributed by atoms with E-state index in [0.29, 0.717) is 25.3 Å². The molecule has 2 saturated heterocycles. The molecule has 156 valence electrons. The van der Waals surface area contributed by atoms with Crippen LogP contribution in [0.25, 0.3) is 0 Å². The lowest BCUT2D eigenvalue weighted by molar-refractivity contribution is -0.385. The maximum absolute atomic E-state index is 12.9. The van der Waals surface area contributed by atoms with Gasteiger partial charge in [0.05, 0.1) is 16.4 Å². The Bertz CT molecular complexity index is 836. The van der Waals surface area contributed by atoms with Gasteiger partial charge in [-0.1, -0.05) is 6.07 Å². The second-order valence-corrected chi connectivity index (χ2v) is 8.41. The summed E-state index contributed by atoms with van der Waals surface area (Å²) in [5, 5.41) is 14.1. The SMILES string of the molecule is Cc1ccc([N+](=O)[O-])cc1S(=O)(=O)N1CCN(C(=O)C2CNCCO2)CC1.Cl. The predicted octanol–water partition coefficient (Wildman–Crippen LogP) is 0.146. The van der Waals surface area contributed by atoms with Crippen LogP contribution < -0.4 is 5.32 Å². The van der Waals surface area contributed by atoms with Gasteiger partial charge in [0.25, 0.3) is 11.6 Å². The third kappa shape index (κ3) is 4.61. The molecule has 3 rings (SSSR count). The summed E-state index contributed by atoms with van der Waals surface area (Å²) < 4.78 is 32.6. The summed E-state index contributed by atoms with van der Waals surface area (Å²) in [6, 6.07) is 3.80. The standard InChI is InChI=1S/C16H22N4O6S.ClH/c1-12-2-3-13(20(22)23)10-15(12)27(24,25)19-7-5-18(6-8-19)16(21)14-11-17-4-9-26-14;/h2-3,10,14,17H,4-9,11H2,1H3;1H. The predicted molar refractivity (Wildman–Crippen MR) is 103 cm³/mol. The fourth-order valence-electron chi connectivity index (χ4n) is 3.20. The van der Waals surface area contributed by atoms with Gasteiger partial charge in [-0.25, -0.2) is 8.42 Å². The average Bonchev–Trinajstić information content (AvgIpc) is 2.68. The number of nitro groups is 1. The highest BCUT2D eigenvalue weighted by Gasteiger charge is 2.34. The maximum Gasteiger partial charge on any atom is 0.270 e. The molecular weight excluding hydrogens is 412 g/mol. The Morgan fingerprint density at radius 3 is 2.54 bits per heavy atom. The summed E-state index contributed by atoms with van der Waals surface area (Å²) in [4.78, 5) is 24.4. The number of piperazine rings is 1. The molecule has 28 heavy (non-hydrogen) atoms. The van der Waals surface area contributed by atoms with Crippen LogP contribution in [0.2, 0.25) is 0 Å². The van der Waals surface area contributed by atoms with E-state index in [4.69, 9.17) is 4.74 Å². The first-order chi connectivity index (χ1) is 12.8. The molecule has 1 amide bonds. The van der Waals surface area contributed by atoms with E-state index in [1.807, 2.05) is 0 Å². The van der Waals surface area contributed by atoms with Crippen molar-refractivity contribution in [2.24, 2.45) is 0 Å². The van der Waals surface area contributed by atoms with Crippen molar-refractivity contribution < 1.29 is 22.9 Å². The molecule has 0 radical (unpaired) electrons. The first-order valence-corrected chi connectivity index (χ1v) is 10.1. The van der Waals surface area contributed by atoms with Crippen LogP contribution in [0.3, 0.4) is 0 Å². The van der Waals surface area contributed by atoms with Gasteiger partial charge in [-0.05, 0) is 12.5 Å². The van der Waals surface area contributed by atoms with E-state index in [0.717, 1.165) is 6.07 Å². The van der Waals surface area contributed by atoms with Gasteiger partial charge >= 0.3 is 0 Å². The molecule has 0 aliphatic carbocycles. The highest BCUT2D eigenvalue weighted by atomic mass is 35.5. The van der Waals surface area contributed by atoms with Gasteiger partial charge < -0.3 is 15.0 Å². The molecule has 2 aliphatic rings. The number of carbonyl (C=O) groups excluding carboxylic acids is 1. The van der Waals surface area contributed by atoms with Crippen molar-refractivity contribution in [3.8, 4) is 0 Å². The Labute approximate surface area is 169 Å². The van der Waals surface area contributed by atoms with Gasteiger partial charge in [0, 0.05) is 51.4 Å². The van der Waals surface area contributed by atoms with Gasteiger partial charge in [-0.2, -0.15) is 4.31 Å². The molecule has 0 bridgehead atoms. The Morgan fingerprint density at radius 1 is 1.29 bits per heavy atom. The number of non-ortho nitro benzene ring substituents is 1. The number of carbonyl (C=O) groups is 1. The third-order valence-corrected chi connectivity index (χ3v) is 6.79. The largest absolute Gasteiger partial charge is 0.366 e. The molecular formula is C16H23ClN4O6S. The number of morpholine rings is 1. The lowest BCUT2D eigenvalue weighted by atomic mass is 10.2. The summed E-state index contributed by atoms with van der Waals surface area (Å²) in [7, 11) is -3.88. The minimum atomic E-state index is -3.88. The van der Waals surface area contributed by atoms with Crippen molar-refractivity contribution >= 4 is 34.0 Å². The number of sulfonamides is 1. The maximum atomic E-state index is 12.9. The number of nitrogens with zero attached hydrogens (tertiary/aromatic N) is 3. The van der Waals surface area contributed by atoms with E-state index in [2.05, 4.69) is 5.32 Å². The Morgan fingerprint density at radius 2 is 1.96 bits per heavy atom. The second-order valence-electron chi connectivity index (χ2n) is 6.50.